The zero-order valence-corrected chi connectivity index (χ0v) is 13.1. The fraction of sp³-hybridized carbons (Fsp3) is 0.385. The molecule has 0 radical (unpaired) electrons. The van der Waals surface area contributed by atoms with E-state index in [4.69, 9.17) is 17.3 Å². The van der Waals surface area contributed by atoms with E-state index in [1.54, 1.807) is 17.0 Å². The molecule has 1 fully saturated rings. The van der Waals surface area contributed by atoms with Crippen molar-refractivity contribution in [3.8, 4) is 0 Å². The molecule has 102 valence electrons. The highest BCUT2D eigenvalue weighted by Gasteiger charge is 2.28. The normalized spacial score (nSPS) is 19.3. The predicted molar refractivity (Wildman–Crippen MR) is 82.0 cm³/mol. The van der Waals surface area contributed by atoms with Gasteiger partial charge in [-0.1, -0.05) is 11.6 Å². The first-order valence-electron chi connectivity index (χ1n) is 6.02. The summed E-state index contributed by atoms with van der Waals surface area (Å²) in [5.74, 6) is -0.661. The van der Waals surface area contributed by atoms with Crippen LogP contribution in [0.4, 0.5) is 0 Å². The van der Waals surface area contributed by atoms with E-state index in [0.29, 0.717) is 23.7 Å². The van der Waals surface area contributed by atoms with Crippen molar-refractivity contribution >= 4 is 46.0 Å². The minimum atomic E-state index is -0.335. The van der Waals surface area contributed by atoms with Crippen LogP contribution >= 0.6 is 34.2 Å². The van der Waals surface area contributed by atoms with Crippen molar-refractivity contribution in [3.05, 3.63) is 32.4 Å². The van der Waals surface area contributed by atoms with Crippen molar-refractivity contribution < 1.29 is 9.59 Å². The molecule has 6 heteroatoms. The molecule has 19 heavy (non-hydrogen) atoms. The highest BCUT2D eigenvalue weighted by atomic mass is 127. The first-order valence-corrected chi connectivity index (χ1v) is 7.48. The highest BCUT2D eigenvalue weighted by molar-refractivity contribution is 14.1. The lowest BCUT2D eigenvalue weighted by Gasteiger charge is -2.31. The monoisotopic (exact) mass is 392 g/mol. The fourth-order valence-corrected chi connectivity index (χ4v) is 2.96. The molecule has 0 saturated carbocycles. The molecule has 1 aliphatic rings. The summed E-state index contributed by atoms with van der Waals surface area (Å²) in [6.07, 6.45) is 1.56. The Hall–Kier alpha value is -0.820. The molecule has 2 rings (SSSR count). The van der Waals surface area contributed by atoms with E-state index < -0.39 is 0 Å². The molecule has 1 aromatic carbocycles. The van der Waals surface area contributed by atoms with E-state index in [9.17, 15) is 9.59 Å². The molecule has 4 nitrogen and oxygen atoms in total. The lowest BCUT2D eigenvalue weighted by Crippen LogP contribution is -2.44. The summed E-state index contributed by atoms with van der Waals surface area (Å²) in [4.78, 5) is 25.4. The van der Waals surface area contributed by atoms with Gasteiger partial charge in [0.15, 0.2) is 0 Å². The third-order valence-corrected chi connectivity index (χ3v) is 4.45. The Morgan fingerprint density at radius 1 is 1.42 bits per heavy atom. The second-order valence-corrected chi connectivity index (χ2v) is 6.22. The van der Waals surface area contributed by atoms with Crippen molar-refractivity contribution in [1.29, 1.82) is 0 Å². The topological polar surface area (TPSA) is 63.4 Å². The summed E-state index contributed by atoms with van der Waals surface area (Å²) >= 11 is 8.04. The minimum absolute atomic E-state index is 0.0853. The van der Waals surface area contributed by atoms with Crippen LogP contribution in [0.5, 0.6) is 0 Å². The molecule has 1 aliphatic heterocycles. The van der Waals surface area contributed by atoms with Crippen molar-refractivity contribution in [2.45, 2.75) is 12.8 Å². The Balaban J connectivity index is 2.19. The van der Waals surface area contributed by atoms with Gasteiger partial charge in [-0.15, -0.1) is 0 Å². The Morgan fingerprint density at radius 2 is 2.16 bits per heavy atom. The quantitative estimate of drug-likeness (QED) is 0.785. The van der Waals surface area contributed by atoms with E-state index >= 15 is 0 Å². The highest BCUT2D eigenvalue weighted by Crippen LogP contribution is 2.23. The number of benzene rings is 1. The van der Waals surface area contributed by atoms with Crippen LogP contribution in [0.25, 0.3) is 0 Å². The number of hydrogen-bond donors (Lipinski definition) is 1. The van der Waals surface area contributed by atoms with Crippen LogP contribution in [0.1, 0.15) is 23.2 Å². The Morgan fingerprint density at radius 3 is 2.84 bits per heavy atom. The Labute approximate surface area is 130 Å². The molecule has 1 atom stereocenters. The standard InChI is InChI=1S/C13H14ClIN2O2/c14-9-3-4-11(15)10(6-9)13(19)17-5-1-2-8(7-17)12(16)18/h3-4,6,8H,1-2,5,7H2,(H2,16,18). The average molecular weight is 393 g/mol. The third kappa shape index (κ3) is 3.39. The molecule has 2 amide bonds. The van der Waals surface area contributed by atoms with Crippen LogP contribution in [0, 0.1) is 9.49 Å². The van der Waals surface area contributed by atoms with E-state index in [0.717, 1.165) is 16.4 Å². The largest absolute Gasteiger partial charge is 0.369 e. The van der Waals surface area contributed by atoms with Gasteiger partial charge in [-0.05, 0) is 53.6 Å². The van der Waals surface area contributed by atoms with E-state index in [2.05, 4.69) is 22.6 Å². The Bertz CT molecular complexity index is 521. The molecule has 1 saturated heterocycles. The summed E-state index contributed by atoms with van der Waals surface area (Å²) in [6.45, 7) is 1.06. The third-order valence-electron chi connectivity index (χ3n) is 3.27. The summed E-state index contributed by atoms with van der Waals surface area (Å²) in [5, 5.41) is 0.534. The van der Waals surface area contributed by atoms with Gasteiger partial charge < -0.3 is 10.6 Å². The number of nitrogens with two attached hydrogens (primary N) is 1. The molecule has 0 bridgehead atoms. The second-order valence-electron chi connectivity index (χ2n) is 4.62. The van der Waals surface area contributed by atoms with Crippen molar-refractivity contribution in [3.63, 3.8) is 0 Å². The van der Waals surface area contributed by atoms with Crippen molar-refractivity contribution in [2.24, 2.45) is 11.7 Å². The smallest absolute Gasteiger partial charge is 0.255 e. The summed E-state index contributed by atoms with van der Waals surface area (Å²) < 4.78 is 0.855. The maximum atomic E-state index is 12.5. The number of amides is 2. The first-order chi connectivity index (χ1) is 8.99. The number of halogens is 2. The van der Waals surface area contributed by atoms with Gasteiger partial charge in [0.25, 0.3) is 5.91 Å². The second kappa shape index (κ2) is 6.09. The van der Waals surface area contributed by atoms with Gasteiger partial charge in [0.1, 0.15) is 0 Å². The van der Waals surface area contributed by atoms with Gasteiger partial charge in [0.2, 0.25) is 5.91 Å². The van der Waals surface area contributed by atoms with Crippen LogP contribution in [-0.2, 0) is 4.79 Å². The van der Waals surface area contributed by atoms with Gasteiger partial charge in [-0.2, -0.15) is 0 Å². The minimum Gasteiger partial charge on any atom is -0.369 e. The Kier molecular flexibility index (Phi) is 4.67. The van der Waals surface area contributed by atoms with E-state index in [-0.39, 0.29) is 17.7 Å². The average Bonchev–Trinajstić information content (AvgIpc) is 2.41. The van der Waals surface area contributed by atoms with Crippen molar-refractivity contribution in [1.82, 2.24) is 4.90 Å². The molecule has 1 aromatic rings. The van der Waals surface area contributed by atoms with Crippen molar-refractivity contribution in [2.75, 3.05) is 13.1 Å². The number of rotatable bonds is 2. The number of primary amides is 1. The van der Waals surface area contributed by atoms with Gasteiger partial charge in [-0.25, -0.2) is 0 Å². The van der Waals surface area contributed by atoms with E-state index in [1.807, 2.05) is 6.07 Å². The number of piperidine rings is 1. The molecular formula is C13H14ClIN2O2. The number of hydrogen-bond acceptors (Lipinski definition) is 2. The maximum absolute atomic E-state index is 12.5. The number of carbonyl (C=O) groups excluding carboxylic acids is 2. The lowest BCUT2D eigenvalue weighted by molar-refractivity contribution is -0.123. The number of carbonyl (C=O) groups is 2. The first kappa shape index (κ1) is 14.6. The molecule has 2 N–H and O–H groups in total. The van der Waals surface area contributed by atoms with Gasteiger partial charge in [0, 0.05) is 21.7 Å². The van der Waals surface area contributed by atoms with Crippen LogP contribution in [0.15, 0.2) is 18.2 Å². The zero-order valence-electron chi connectivity index (χ0n) is 10.2. The number of nitrogens with zero attached hydrogens (tertiary/aromatic N) is 1. The molecule has 1 heterocycles. The zero-order chi connectivity index (χ0) is 14.0. The molecule has 0 aliphatic carbocycles. The van der Waals surface area contributed by atoms with Gasteiger partial charge in [0.05, 0.1) is 11.5 Å². The maximum Gasteiger partial charge on any atom is 0.255 e. The number of likely N-dealkylation sites (tertiary alicyclic amines) is 1. The SMILES string of the molecule is NC(=O)C1CCCN(C(=O)c2cc(Cl)ccc2I)C1. The molecule has 1 unspecified atom stereocenters. The summed E-state index contributed by atoms with van der Waals surface area (Å²) in [7, 11) is 0. The van der Waals surface area contributed by atoms with Crippen LogP contribution in [0.3, 0.4) is 0 Å². The lowest BCUT2D eigenvalue weighted by atomic mass is 9.97. The van der Waals surface area contributed by atoms with Crippen LogP contribution < -0.4 is 5.73 Å². The predicted octanol–water partition coefficient (Wildman–Crippen LogP) is 2.28. The van der Waals surface area contributed by atoms with Crippen LogP contribution in [-0.4, -0.2) is 29.8 Å². The summed E-state index contributed by atoms with van der Waals surface area (Å²) in [6, 6.07) is 5.23. The van der Waals surface area contributed by atoms with E-state index in [1.165, 1.54) is 0 Å². The van der Waals surface area contributed by atoms with Crippen LogP contribution in [0.2, 0.25) is 5.02 Å². The molecule has 0 aromatic heterocycles. The summed E-state index contributed by atoms with van der Waals surface area (Å²) in [5.41, 5.74) is 5.90. The molecule has 0 spiro atoms. The fourth-order valence-electron chi connectivity index (χ4n) is 2.23. The van der Waals surface area contributed by atoms with Gasteiger partial charge in [-0.3, -0.25) is 9.59 Å². The molecular weight excluding hydrogens is 379 g/mol. The van der Waals surface area contributed by atoms with Gasteiger partial charge >= 0.3 is 0 Å².